The fraction of sp³-hybridized carbons (Fsp3) is 0.290. The minimum Gasteiger partial charge on any atom is -0.479 e. The van der Waals surface area contributed by atoms with Gasteiger partial charge < -0.3 is 18.8 Å². The van der Waals surface area contributed by atoms with E-state index in [-0.39, 0.29) is 24.7 Å². The van der Waals surface area contributed by atoms with Crippen molar-refractivity contribution in [2.75, 3.05) is 6.61 Å². The molecule has 0 aliphatic rings. The molecule has 0 spiro atoms. The van der Waals surface area contributed by atoms with Crippen LogP contribution in [-0.2, 0) is 16.1 Å². The third kappa shape index (κ3) is 6.47. The molecule has 0 fully saturated rings. The molecule has 4 rings (SSSR count). The topological polar surface area (TPSA) is 66.8 Å². The quantitative estimate of drug-likeness (QED) is 0.154. The molecule has 3 aromatic carbocycles. The molecule has 0 aliphatic carbocycles. The number of halogens is 3. The average Bonchev–Trinajstić information content (AvgIpc) is 3.17. The lowest BCUT2D eigenvalue weighted by atomic mass is 9.99. The molecule has 6 nitrogen and oxygen atoms in total. The summed E-state index contributed by atoms with van der Waals surface area (Å²) >= 11 is 0. The van der Waals surface area contributed by atoms with Crippen LogP contribution in [0.5, 0.6) is 11.5 Å². The number of fused-ring (bicyclic) bond motifs is 1. The van der Waals surface area contributed by atoms with Crippen molar-refractivity contribution in [1.29, 1.82) is 0 Å². The molecule has 40 heavy (non-hydrogen) atoms. The van der Waals surface area contributed by atoms with Crippen LogP contribution in [0.25, 0.3) is 10.9 Å². The molecule has 0 saturated heterocycles. The van der Waals surface area contributed by atoms with E-state index in [0.717, 1.165) is 11.1 Å². The van der Waals surface area contributed by atoms with Crippen molar-refractivity contribution in [1.82, 2.24) is 4.57 Å². The number of ether oxygens (including phenoxy) is 3. The molecular formula is C31H30F3NO5. The van der Waals surface area contributed by atoms with E-state index in [4.69, 9.17) is 9.47 Å². The SMILES string of the molecule is CCOC(=O)[C@@H](CC)Oc1cccc(Cn2c(C)c(C(=O)c3ccc(C)cc3)c3ccc(OC(F)(F)F)cc32)c1. The monoisotopic (exact) mass is 553 g/mol. The van der Waals surface area contributed by atoms with Gasteiger partial charge in [-0.25, -0.2) is 4.79 Å². The molecule has 0 saturated carbocycles. The van der Waals surface area contributed by atoms with Crippen LogP contribution in [0.15, 0.2) is 66.7 Å². The normalized spacial score (nSPS) is 12.3. The van der Waals surface area contributed by atoms with Crippen LogP contribution in [0.1, 0.15) is 53.0 Å². The number of nitrogens with zero attached hydrogens (tertiary/aromatic N) is 1. The minimum absolute atomic E-state index is 0.229. The number of carbonyl (C=O) groups is 2. The summed E-state index contributed by atoms with van der Waals surface area (Å²) in [7, 11) is 0. The Bertz CT molecular complexity index is 1520. The van der Waals surface area contributed by atoms with E-state index < -0.39 is 18.4 Å². The van der Waals surface area contributed by atoms with Gasteiger partial charge in [-0.05, 0) is 57.0 Å². The van der Waals surface area contributed by atoms with Gasteiger partial charge in [-0.1, -0.05) is 48.9 Å². The first-order chi connectivity index (χ1) is 19.0. The number of ketones is 1. The van der Waals surface area contributed by atoms with E-state index in [1.54, 1.807) is 48.7 Å². The van der Waals surface area contributed by atoms with E-state index in [2.05, 4.69) is 4.74 Å². The summed E-state index contributed by atoms with van der Waals surface area (Å²) in [6.45, 7) is 7.68. The number of esters is 1. The molecule has 1 atom stereocenters. The van der Waals surface area contributed by atoms with Gasteiger partial charge >= 0.3 is 12.3 Å². The summed E-state index contributed by atoms with van der Waals surface area (Å²) in [5.74, 6) is -0.629. The first kappa shape index (κ1) is 28.7. The maximum atomic E-state index is 13.6. The smallest absolute Gasteiger partial charge is 0.479 e. The molecule has 1 aromatic heterocycles. The zero-order chi connectivity index (χ0) is 29.0. The molecular weight excluding hydrogens is 523 g/mol. The summed E-state index contributed by atoms with van der Waals surface area (Å²) in [6, 6.07) is 18.2. The molecule has 0 unspecified atom stereocenters. The minimum atomic E-state index is -4.86. The van der Waals surface area contributed by atoms with E-state index >= 15 is 0 Å². The molecule has 9 heteroatoms. The van der Waals surface area contributed by atoms with Crippen molar-refractivity contribution in [2.45, 2.75) is 53.1 Å². The summed E-state index contributed by atoms with van der Waals surface area (Å²) in [5, 5.41) is 0.512. The number of alkyl halides is 3. The van der Waals surface area contributed by atoms with Gasteiger partial charge in [0.1, 0.15) is 11.5 Å². The molecule has 0 amide bonds. The van der Waals surface area contributed by atoms with Crippen LogP contribution in [0, 0.1) is 13.8 Å². The van der Waals surface area contributed by atoms with Crippen molar-refractivity contribution in [3.8, 4) is 11.5 Å². The van der Waals surface area contributed by atoms with E-state index in [9.17, 15) is 22.8 Å². The largest absolute Gasteiger partial charge is 0.573 e. The van der Waals surface area contributed by atoms with E-state index in [0.29, 0.717) is 39.9 Å². The van der Waals surface area contributed by atoms with Crippen molar-refractivity contribution in [3.05, 3.63) is 94.7 Å². The fourth-order valence-electron chi connectivity index (χ4n) is 4.59. The Hall–Kier alpha value is -4.27. The predicted octanol–water partition coefficient (Wildman–Crippen LogP) is 7.16. The fourth-order valence-corrected chi connectivity index (χ4v) is 4.59. The van der Waals surface area contributed by atoms with Crippen molar-refractivity contribution >= 4 is 22.7 Å². The lowest BCUT2D eigenvalue weighted by molar-refractivity contribution is -0.274. The first-order valence-electron chi connectivity index (χ1n) is 12.9. The van der Waals surface area contributed by atoms with Gasteiger partial charge in [0, 0.05) is 29.3 Å². The number of benzene rings is 3. The van der Waals surface area contributed by atoms with Crippen molar-refractivity contribution < 1.29 is 37.0 Å². The van der Waals surface area contributed by atoms with Crippen LogP contribution < -0.4 is 9.47 Å². The molecule has 1 heterocycles. The third-order valence-corrected chi connectivity index (χ3v) is 6.51. The first-order valence-corrected chi connectivity index (χ1v) is 12.9. The van der Waals surface area contributed by atoms with Gasteiger partial charge in [0.25, 0.3) is 0 Å². The molecule has 4 aromatic rings. The summed E-state index contributed by atoms with van der Waals surface area (Å²) in [6.07, 6.45) is -5.22. The van der Waals surface area contributed by atoms with Crippen LogP contribution in [0.2, 0.25) is 0 Å². The maximum Gasteiger partial charge on any atom is 0.573 e. The molecule has 0 N–H and O–H groups in total. The average molecular weight is 554 g/mol. The number of hydrogen-bond donors (Lipinski definition) is 0. The van der Waals surface area contributed by atoms with Crippen LogP contribution in [0.3, 0.4) is 0 Å². The van der Waals surface area contributed by atoms with Gasteiger partial charge in [-0.3, -0.25) is 4.79 Å². The second-order valence-corrected chi connectivity index (χ2v) is 9.38. The Balaban J connectivity index is 1.76. The molecule has 0 bridgehead atoms. The van der Waals surface area contributed by atoms with E-state index in [1.165, 1.54) is 18.2 Å². The van der Waals surface area contributed by atoms with Gasteiger partial charge in [-0.15, -0.1) is 13.2 Å². The van der Waals surface area contributed by atoms with Crippen LogP contribution in [0.4, 0.5) is 13.2 Å². The molecule has 0 aliphatic heterocycles. The number of aryl methyl sites for hydroxylation is 1. The second kappa shape index (κ2) is 11.9. The highest BCUT2D eigenvalue weighted by Gasteiger charge is 2.32. The number of aromatic nitrogens is 1. The predicted molar refractivity (Wildman–Crippen MR) is 145 cm³/mol. The Morgan fingerprint density at radius 1 is 0.925 bits per heavy atom. The van der Waals surface area contributed by atoms with Gasteiger partial charge in [0.05, 0.1) is 17.7 Å². The number of carbonyl (C=O) groups excluding carboxylic acids is 2. The molecule has 210 valence electrons. The summed E-state index contributed by atoms with van der Waals surface area (Å²) in [5.41, 5.74) is 3.64. The standard InChI is InChI=1S/C31H30F3NO5/c1-5-27(30(37)38-6-2)39-23-9-7-8-21(16-23)18-35-20(4)28(29(36)22-12-10-19(3)11-13-22)25-15-14-24(17-26(25)35)40-31(32,33)34/h7-17,27H,5-6,18H2,1-4H3/t27-/m1/s1. The highest BCUT2D eigenvalue weighted by atomic mass is 19.4. The number of hydrogen-bond acceptors (Lipinski definition) is 5. The lowest BCUT2D eigenvalue weighted by Crippen LogP contribution is -2.28. The zero-order valence-corrected chi connectivity index (χ0v) is 22.7. The highest BCUT2D eigenvalue weighted by molar-refractivity contribution is 6.17. The Kier molecular flexibility index (Phi) is 8.52. The third-order valence-electron chi connectivity index (χ3n) is 6.51. The summed E-state index contributed by atoms with van der Waals surface area (Å²) in [4.78, 5) is 25.8. The van der Waals surface area contributed by atoms with Gasteiger partial charge in [-0.2, -0.15) is 0 Å². The lowest BCUT2D eigenvalue weighted by Gasteiger charge is -2.17. The van der Waals surface area contributed by atoms with Gasteiger partial charge in [0.15, 0.2) is 11.9 Å². The van der Waals surface area contributed by atoms with Crippen molar-refractivity contribution in [2.24, 2.45) is 0 Å². The zero-order valence-electron chi connectivity index (χ0n) is 22.7. The highest BCUT2D eigenvalue weighted by Crippen LogP contribution is 2.34. The van der Waals surface area contributed by atoms with Crippen LogP contribution in [-0.4, -0.2) is 35.4 Å². The Labute approximate surface area is 230 Å². The Morgan fingerprint density at radius 2 is 1.65 bits per heavy atom. The van der Waals surface area contributed by atoms with Crippen molar-refractivity contribution in [3.63, 3.8) is 0 Å². The second-order valence-electron chi connectivity index (χ2n) is 9.38. The van der Waals surface area contributed by atoms with E-state index in [1.807, 2.05) is 32.0 Å². The van der Waals surface area contributed by atoms with Crippen LogP contribution >= 0.6 is 0 Å². The van der Waals surface area contributed by atoms with Gasteiger partial charge in [0.2, 0.25) is 0 Å². The Morgan fingerprint density at radius 3 is 2.30 bits per heavy atom. The maximum absolute atomic E-state index is 13.6. The summed E-state index contributed by atoms with van der Waals surface area (Å²) < 4.78 is 55.9. The molecule has 0 radical (unpaired) electrons. The number of rotatable bonds is 10.